The third-order valence-corrected chi connectivity index (χ3v) is 5.04. The first-order valence-corrected chi connectivity index (χ1v) is 8.88. The monoisotopic (exact) mass is 325 g/mol. The molecule has 1 N–H and O–H groups in total. The van der Waals surface area contributed by atoms with Crippen molar-refractivity contribution in [3.05, 3.63) is 52.9 Å². The van der Waals surface area contributed by atoms with E-state index >= 15 is 0 Å². The van der Waals surface area contributed by atoms with Crippen molar-refractivity contribution >= 4 is 11.3 Å². The van der Waals surface area contributed by atoms with Crippen LogP contribution >= 0.6 is 11.3 Å². The molecule has 1 aliphatic rings. The van der Waals surface area contributed by atoms with Crippen LogP contribution in [0.1, 0.15) is 30.1 Å². The predicted octanol–water partition coefficient (Wildman–Crippen LogP) is 3.31. The molecule has 0 atom stereocenters. The summed E-state index contributed by atoms with van der Waals surface area (Å²) < 4.78 is 0. The van der Waals surface area contributed by atoms with E-state index in [-0.39, 0.29) is 0 Å². The quantitative estimate of drug-likeness (QED) is 0.799. The molecule has 0 bridgehead atoms. The number of hydrogen-bond acceptors (Lipinski definition) is 5. The molecular formula is C17H19N5S. The number of nitrogens with zero attached hydrogens (tertiary/aromatic N) is 4. The molecule has 6 heteroatoms. The van der Waals surface area contributed by atoms with Gasteiger partial charge in [-0.15, -0.1) is 11.3 Å². The lowest BCUT2D eigenvalue weighted by Gasteiger charge is -2.30. The molecule has 0 unspecified atom stereocenters. The second-order valence-corrected chi connectivity index (χ2v) is 6.70. The molecule has 3 aromatic heterocycles. The Hall–Kier alpha value is -2.05. The normalized spacial score (nSPS) is 16.7. The molecule has 0 amide bonds. The van der Waals surface area contributed by atoms with Gasteiger partial charge in [0.15, 0.2) is 0 Å². The Labute approximate surface area is 139 Å². The first kappa shape index (κ1) is 14.5. The van der Waals surface area contributed by atoms with Crippen molar-refractivity contribution in [1.82, 2.24) is 25.1 Å². The van der Waals surface area contributed by atoms with Gasteiger partial charge < -0.3 is 0 Å². The lowest BCUT2D eigenvalue weighted by Crippen LogP contribution is -2.32. The number of piperidine rings is 1. The van der Waals surface area contributed by atoms with E-state index in [9.17, 15) is 0 Å². The zero-order valence-electron chi connectivity index (χ0n) is 12.9. The van der Waals surface area contributed by atoms with Crippen molar-refractivity contribution in [2.45, 2.75) is 25.3 Å². The third kappa shape index (κ3) is 3.33. The van der Waals surface area contributed by atoms with Crippen molar-refractivity contribution in [2.24, 2.45) is 0 Å². The highest BCUT2D eigenvalue weighted by Gasteiger charge is 2.22. The van der Waals surface area contributed by atoms with Gasteiger partial charge in [0.2, 0.25) is 0 Å². The van der Waals surface area contributed by atoms with Crippen LogP contribution in [0.25, 0.3) is 11.3 Å². The second kappa shape index (κ2) is 6.60. The number of likely N-dealkylation sites (tertiary alicyclic amines) is 1. The Morgan fingerprint density at radius 1 is 1.30 bits per heavy atom. The molecule has 23 heavy (non-hydrogen) atoms. The Bertz CT molecular complexity index is 729. The molecule has 1 fully saturated rings. The molecule has 5 nitrogen and oxygen atoms in total. The van der Waals surface area contributed by atoms with Crippen molar-refractivity contribution in [3.8, 4) is 11.3 Å². The Kier molecular flexibility index (Phi) is 4.17. The SMILES string of the molecule is c1cncc(-c2cc(CN3CCC(c4cscn4)CC3)[nH]n2)c1. The Morgan fingerprint density at radius 2 is 2.22 bits per heavy atom. The van der Waals surface area contributed by atoms with Crippen LogP contribution in [0.5, 0.6) is 0 Å². The summed E-state index contributed by atoms with van der Waals surface area (Å²) >= 11 is 1.69. The molecule has 0 aromatic carbocycles. The van der Waals surface area contributed by atoms with Crippen LogP contribution < -0.4 is 0 Å². The number of rotatable bonds is 4. The maximum Gasteiger partial charge on any atom is 0.0939 e. The molecule has 4 heterocycles. The van der Waals surface area contributed by atoms with E-state index in [1.807, 2.05) is 23.8 Å². The number of aromatic amines is 1. The predicted molar refractivity (Wildman–Crippen MR) is 91.2 cm³/mol. The van der Waals surface area contributed by atoms with Gasteiger partial charge in [-0.05, 0) is 44.1 Å². The summed E-state index contributed by atoms with van der Waals surface area (Å²) in [5.74, 6) is 0.630. The van der Waals surface area contributed by atoms with E-state index in [0.717, 1.165) is 36.6 Å². The number of H-pyrrole nitrogens is 1. The minimum Gasteiger partial charge on any atom is -0.297 e. The van der Waals surface area contributed by atoms with Gasteiger partial charge in [0.25, 0.3) is 0 Å². The van der Waals surface area contributed by atoms with E-state index in [4.69, 9.17) is 0 Å². The van der Waals surface area contributed by atoms with Gasteiger partial charge in [0.05, 0.1) is 16.9 Å². The molecule has 3 aromatic rings. The topological polar surface area (TPSA) is 57.7 Å². The molecule has 0 saturated carbocycles. The van der Waals surface area contributed by atoms with Crippen molar-refractivity contribution in [3.63, 3.8) is 0 Å². The second-order valence-electron chi connectivity index (χ2n) is 5.98. The fourth-order valence-electron chi connectivity index (χ4n) is 3.16. The van der Waals surface area contributed by atoms with Gasteiger partial charge in [0.1, 0.15) is 0 Å². The van der Waals surface area contributed by atoms with Gasteiger partial charge in [-0.3, -0.25) is 15.0 Å². The maximum absolute atomic E-state index is 4.46. The van der Waals surface area contributed by atoms with Crippen LogP contribution in [-0.4, -0.2) is 38.2 Å². The third-order valence-electron chi connectivity index (χ3n) is 4.44. The lowest BCUT2D eigenvalue weighted by molar-refractivity contribution is 0.201. The zero-order valence-corrected chi connectivity index (χ0v) is 13.7. The fourth-order valence-corrected chi connectivity index (χ4v) is 3.79. The molecular weight excluding hydrogens is 306 g/mol. The summed E-state index contributed by atoms with van der Waals surface area (Å²) in [7, 11) is 0. The minimum atomic E-state index is 0.630. The van der Waals surface area contributed by atoms with Crippen LogP contribution in [0, 0.1) is 0 Å². The summed E-state index contributed by atoms with van der Waals surface area (Å²) in [6.45, 7) is 3.16. The van der Waals surface area contributed by atoms with Crippen LogP contribution in [0.3, 0.4) is 0 Å². The number of nitrogens with one attached hydrogen (secondary N) is 1. The van der Waals surface area contributed by atoms with Gasteiger partial charge in [-0.1, -0.05) is 0 Å². The van der Waals surface area contributed by atoms with E-state index in [2.05, 4.69) is 36.5 Å². The van der Waals surface area contributed by atoms with Crippen LogP contribution in [0.15, 0.2) is 41.5 Å². The van der Waals surface area contributed by atoms with Crippen molar-refractivity contribution in [2.75, 3.05) is 13.1 Å². The summed E-state index contributed by atoms with van der Waals surface area (Å²) in [6.07, 6.45) is 6.00. The number of aromatic nitrogens is 4. The molecule has 0 radical (unpaired) electrons. The zero-order chi connectivity index (χ0) is 15.5. The van der Waals surface area contributed by atoms with E-state index < -0.39 is 0 Å². The maximum atomic E-state index is 4.46. The number of pyridine rings is 1. The van der Waals surface area contributed by atoms with E-state index in [1.54, 1.807) is 17.5 Å². The average Bonchev–Trinajstić information content (AvgIpc) is 3.28. The molecule has 4 rings (SSSR count). The standard InChI is InChI=1S/C17H19N5S/c1-2-14(9-18-5-1)16-8-15(20-21-16)10-22-6-3-13(4-7-22)17-11-23-12-19-17/h1-2,5,8-9,11-13H,3-4,6-7,10H2,(H,20,21). The van der Waals surface area contributed by atoms with Gasteiger partial charge >= 0.3 is 0 Å². The molecule has 1 saturated heterocycles. The lowest BCUT2D eigenvalue weighted by atomic mass is 9.94. The molecule has 1 aliphatic heterocycles. The summed E-state index contributed by atoms with van der Waals surface area (Å²) in [5.41, 5.74) is 6.39. The van der Waals surface area contributed by atoms with Crippen LogP contribution in [0.2, 0.25) is 0 Å². The van der Waals surface area contributed by atoms with E-state index in [0.29, 0.717) is 5.92 Å². The summed E-state index contributed by atoms with van der Waals surface area (Å²) in [4.78, 5) is 11.1. The first-order chi connectivity index (χ1) is 11.4. The number of hydrogen-bond donors (Lipinski definition) is 1. The fraction of sp³-hybridized carbons (Fsp3) is 0.353. The highest BCUT2D eigenvalue weighted by atomic mass is 32.1. The average molecular weight is 325 g/mol. The molecule has 0 spiro atoms. The smallest absolute Gasteiger partial charge is 0.0939 e. The van der Waals surface area contributed by atoms with Gasteiger partial charge in [-0.25, -0.2) is 4.98 Å². The minimum absolute atomic E-state index is 0.630. The highest BCUT2D eigenvalue weighted by molar-refractivity contribution is 7.07. The van der Waals surface area contributed by atoms with Crippen LogP contribution in [0.4, 0.5) is 0 Å². The van der Waals surface area contributed by atoms with Crippen molar-refractivity contribution in [1.29, 1.82) is 0 Å². The van der Waals surface area contributed by atoms with Crippen LogP contribution in [-0.2, 0) is 6.54 Å². The molecule has 0 aliphatic carbocycles. The first-order valence-electron chi connectivity index (χ1n) is 7.93. The number of thiazole rings is 1. The summed E-state index contributed by atoms with van der Waals surface area (Å²) in [6, 6.07) is 6.10. The van der Waals surface area contributed by atoms with Gasteiger partial charge in [0, 0.05) is 41.5 Å². The highest BCUT2D eigenvalue weighted by Crippen LogP contribution is 2.28. The van der Waals surface area contributed by atoms with Gasteiger partial charge in [-0.2, -0.15) is 5.10 Å². The molecule has 118 valence electrons. The largest absolute Gasteiger partial charge is 0.297 e. The Morgan fingerprint density at radius 3 is 2.96 bits per heavy atom. The Balaban J connectivity index is 1.36. The van der Waals surface area contributed by atoms with Crippen molar-refractivity contribution < 1.29 is 0 Å². The summed E-state index contributed by atoms with van der Waals surface area (Å²) in [5, 5.41) is 9.76. The van der Waals surface area contributed by atoms with E-state index in [1.165, 1.54) is 18.5 Å².